The molecule has 0 amide bonds. The Bertz CT molecular complexity index is 618. The van der Waals surface area contributed by atoms with Crippen LogP contribution in [-0.2, 0) is 4.74 Å². The molecule has 4 nitrogen and oxygen atoms in total. The van der Waals surface area contributed by atoms with E-state index in [9.17, 15) is 0 Å². The first-order valence-corrected chi connectivity index (χ1v) is 9.24. The summed E-state index contributed by atoms with van der Waals surface area (Å²) in [5.74, 6) is 0.909. The summed E-state index contributed by atoms with van der Waals surface area (Å²) in [5, 5.41) is 0. The summed E-state index contributed by atoms with van der Waals surface area (Å²) in [6.45, 7) is 3.92. The van der Waals surface area contributed by atoms with Crippen LogP contribution in [0.4, 0.5) is 0 Å². The van der Waals surface area contributed by atoms with Gasteiger partial charge >= 0.3 is 0 Å². The number of hydrogen-bond donors (Lipinski definition) is 2. The molecule has 0 bridgehead atoms. The fourth-order valence-electron chi connectivity index (χ4n) is 3.38. The molecule has 0 saturated carbocycles. The van der Waals surface area contributed by atoms with Crippen molar-refractivity contribution < 1.29 is 19.3 Å². The molecule has 1 saturated heterocycles. The summed E-state index contributed by atoms with van der Waals surface area (Å²) in [4.78, 5) is 3.01. The Morgan fingerprint density at radius 1 is 1.04 bits per heavy atom. The molecule has 0 aromatic heterocycles. The second kappa shape index (κ2) is 8.99. The molecule has 25 heavy (non-hydrogen) atoms. The van der Waals surface area contributed by atoms with E-state index >= 15 is 0 Å². The molecule has 2 aromatic rings. The van der Waals surface area contributed by atoms with Gasteiger partial charge in [-0.05, 0) is 12.1 Å². The lowest BCUT2D eigenvalue weighted by Gasteiger charge is -2.20. The zero-order valence-electron chi connectivity index (χ0n) is 15.3. The zero-order chi connectivity index (χ0) is 17.5. The first kappa shape index (κ1) is 17.9. The third-order valence-corrected chi connectivity index (χ3v) is 4.65. The number of hydrogen-bond acceptors (Lipinski definition) is 2. The molecule has 134 valence electrons. The van der Waals surface area contributed by atoms with Crippen LogP contribution in [0.2, 0.25) is 0 Å². The highest BCUT2D eigenvalue weighted by Gasteiger charge is 2.38. The van der Waals surface area contributed by atoms with Gasteiger partial charge in [-0.3, -0.25) is 0 Å². The molecule has 1 fully saturated rings. The largest absolute Gasteiger partial charge is 0.491 e. The summed E-state index contributed by atoms with van der Waals surface area (Å²) in [5.41, 5.74) is 1.26. The van der Waals surface area contributed by atoms with E-state index in [-0.39, 0.29) is 12.3 Å². The van der Waals surface area contributed by atoms with Crippen LogP contribution in [0.3, 0.4) is 0 Å². The molecule has 1 aliphatic rings. The number of nitrogens with one attached hydrogen (secondary N) is 2. The first-order valence-electron chi connectivity index (χ1n) is 9.24. The topological polar surface area (TPSA) is 27.3 Å². The van der Waals surface area contributed by atoms with Crippen LogP contribution in [0.25, 0.3) is 0 Å². The van der Waals surface area contributed by atoms with Crippen molar-refractivity contribution in [2.45, 2.75) is 18.8 Å². The Balaban J connectivity index is 1.60. The van der Waals surface area contributed by atoms with E-state index in [1.807, 2.05) is 30.3 Å². The van der Waals surface area contributed by atoms with E-state index in [1.54, 1.807) is 0 Å². The van der Waals surface area contributed by atoms with Crippen LogP contribution < -0.4 is 14.5 Å². The Morgan fingerprint density at radius 3 is 2.40 bits per heavy atom. The molecule has 0 aliphatic carbocycles. The molecule has 0 spiro atoms. The highest BCUT2D eigenvalue weighted by molar-refractivity contribution is 5.21. The quantitative estimate of drug-likeness (QED) is 0.735. The Labute approximate surface area is 151 Å². The zero-order valence-corrected chi connectivity index (χ0v) is 15.3. The summed E-state index contributed by atoms with van der Waals surface area (Å²) in [6, 6.07) is 20.6. The van der Waals surface area contributed by atoms with E-state index in [0.717, 1.165) is 18.8 Å². The van der Waals surface area contributed by atoms with Crippen LogP contribution in [0.5, 0.6) is 5.75 Å². The third-order valence-electron chi connectivity index (χ3n) is 4.65. The average molecular weight is 342 g/mol. The summed E-state index contributed by atoms with van der Waals surface area (Å²) < 4.78 is 12.3. The second-order valence-electron chi connectivity index (χ2n) is 7.10. The van der Waals surface area contributed by atoms with Crippen molar-refractivity contribution in [1.29, 1.82) is 0 Å². The first-order chi connectivity index (χ1) is 12.2. The Hall–Kier alpha value is -1.88. The molecule has 2 N–H and O–H groups in total. The van der Waals surface area contributed by atoms with E-state index in [2.05, 4.69) is 44.4 Å². The monoisotopic (exact) mass is 342 g/mol. The van der Waals surface area contributed by atoms with Gasteiger partial charge in [0.25, 0.3) is 0 Å². The number of rotatable bonds is 8. The fourth-order valence-corrected chi connectivity index (χ4v) is 3.38. The van der Waals surface area contributed by atoms with Crippen molar-refractivity contribution in [2.75, 3.05) is 40.3 Å². The molecule has 2 aromatic carbocycles. The number of para-hydroxylation sites is 1. The molecule has 1 heterocycles. The van der Waals surface area contributed by atoms with Gasteiger partial charge < -0.3 is 19.3 Å². The van der Waals surface area contributed by atoms with Gasteiger partial charge in [0.05, 0.1) is 27.2 Å². The summed E-state index contributed by atoms with van der Waals surface area (Å²) in [6.07, 6.45) is 1.45. The van der Waals surface area contributed by atoms with Crippen molar-refractivity contribution in [2.24, 2.45) is 0 Å². The standard InChI is InChI=1S/C21H28N2O2/c1-22(2)14-9-15-23-16-20(17-24-19-12-7-4-8-13-19)25-21(23)18-10-5-3-6-11-18/h3-8,10-13,20-21H,9,14-17H2,1-2H3/p+2/t20-,21+/m0/s1. The smallest absolute Gasteiger partial charge is 0.219 e. The lowest BCUT2D eigenvalue weighted by molar-refractivity contribution is -0.936. The van der Waals surface area contributed by atoms with Gasteiger partial charge in [-0.25, -0.2) is 0 Å². The Kier molecular flexibility index (Phi) is 6.45. The van der Waals surface area contributed by atoms with E-state index in [0.29, 0.717) is 6.61 Å². The maximum absolute atomic E-state index is 6.37. The Morgan fingerprint density at radius 2 is 1.72 bits per heavy atom. The highest BCUT2D eigenvalue weighted by atomic mass is 16.6. The lowest BCUT2D eigenvalue weighted by atomic mass is 10.2. The molecule has 4 heteroatoms. The second-order valence-corrected chi connectivity index (χ2v) is 7.10. The number of ether oxygens (including phenoxy) is 2. The SMILES string of the molecule is C[NH+](C)CCC[NH+]1C[C@@H](COc2ccccc2)O[C@@H]1c1ccccc1. The average Bonchev–Trinajstić information content (AvgIpc) is 3.04. The van der Waals surface area contributed by atoms with Crippen molar-refractivity contribution in [3.8, 4) is 5.75 Å². The van der Waals surface area contributed by atoms with Crippen LogP contribution in [0.1, 0.15) is 18.2 Å². The lowest BCUT2D eigenvalue weighted by Crippen LogP contribution is -3.12. The predicted octanol–water partition coefficient (Wildman–Crippen LogP) is 0.583. The van der Waals surface area contributed by atoms with Crippen LogP contribution >= 0.6 is 0 Å². The van der Waals surface area contributed by atoms with E-state index < -0.39 is 0 Å². The normalized spacial score (nSPS) is 23.1. The highest BCUT2D eigenvalue weighted by Crippen LogP contribution is 2.18. The molecular formula is C21H30N2O2+2. The van der Waals surface area contributed by atoms with Crippen molar-refractivity contribution in [1.82, 2.24) is 0 Å². The molecule has 3 atom stereocenters. The minimum absolute atomic E-state index is 0.114. The van der Waals surface area contributed by atoms with Gasteiger partial charge in [0.15, 0.2) is 0 Å². The van der Waals surface area contributed by atoms with Gasteiger partial charge in [-0.15, -0.1) is 0 Å². The molecule has 1 aliphatic heterocycles. The third kappa shape index (κ3) is 5.30. The van der Waals surface area contributed by atoms with Gasteiger partial charge in [0.1, 0.15) is 25.0 Å². The molecule has 0 radical (unpaired) electrons. The maximum atomic E-state index is 6.37. The molecule has 1 unspecified atom stereocenters. The number of quaternary nitrogens is 2. The van der Waals surface area contributed by atoms with E-state index in [1.165, 1.54) is 28.3 Å². The van der Waals surface area contributed by atoms with Crippen molar-refractivity contribution >= 4 is 0 Å². The summed E-state index contributed by atoms with van der Waals surface area (Å²) in [7, 11) is 4.42. The number of benzene rings is 2. The van der Waals surface area contributed by atoms with Gasteiger partial charge in [-0.2, -0.15) is 0 Å². The van der Waals surface area contributed by atoms with Crippen LogP contribution in [0.15, 0.2) is 60.7 Å². The van der Waals surface area contributed by atoms with E-state index in [4.69, 9.17) is 9.47 Å². The predicted molar refractivity (Wildman–Crippen MR) is 99.0 cm³/mol. The summed E-state index contributed by atoms with van der Waals surface area (Å²) >= 11 is 0. The molecule has 3 rings (SSSR count). The maximum Gasteiger partial charge on any atom is 0.219 e. The van der Waals surface area contributed by atoms with Gasteiger partial charge in [0.2, 0.25) is 6.23 Å². The van der Waals surface area contributed by atoms with Crippen LogP contribution in [-0.4, -0.2) is 46.4 Å². The van der Waals surface area contributed by atoms with Gasteiger partial charge in [0, 0.05) is 12.0 Å². The van der Waals surface area contributed by atoms with Crippen molar-refractivity contribution in [3.63, 3.8) is 0 Å². The fraction of sp³-hybridized carbons (Fsp3) is 0.429. The van der Waals surface area contributed by atoms with Crippen molar-refractivity contribution in [3.05, 3.63) is 66.2 Å². The van der Waals surface area contributed by atoms with Gasteiger partial charge in [-0.1, -0.05) is 48.5 Å². The van der Waals surface area contributed by atoms with Crippen LogP contribution in [0, 0.1) is 0 Å². The minimum atomic E-state index is 0.114. The molecular weight excluding hydrogens is 312 g/mol. The minimum Gasteiger partial charge on any atom is -0.491 e.